The topological polar surface area (TPSA) is 174 Å². The molecule has 1 aliphatic heterocycles. The number of nitrogen functional groups attached to an aromatic ring is 1. The largest absolute Gasteiger partial charge is 0.382 e. The van der Waals surface area contributed by atoms with Gasteiger partial charge in [-0.2, -0.15) is 18.7 Å². The van der Waals surface area contributed by atoms with Crippen molar-refractivity contribution in [2.45, 2.75) is 10.1 Å². The molecule has 34 heavy (non-hydrogen) atoms. The van der Waals surface area contributed by atoms with Crippen LogP contribution in [0.5, 0.6) is 0 Å². The predicted molar refractivity (Wildman–Crippen MR) is 137 cm³/mol. The van der Waals surface area contributed by atoms with E-state index in [1.807, 2.05) is 24.3 Å². The van der Waals surface area contributed by atoms with Crippen LogP contribution in [0.1, 0.15) is 0 Å². The van der Waals surface area contributed by atoms with Crippen LogP contribution in [-0.4, -0.2) is 60.2 Å². The Balaban J connectivity index is 0.00000274. The number of hydrogen-bond donors (Lipinski definition) is 4. The molecule has 3 aromatic heterocycles. The molecule has 4 aromatic rings. The first kappa shape index (κ1) is 24.3. The highest BCUT2D eigenvalue weighted by molar-refractivity contribution is 7.96. The van der Waals surface area contributed by atoms with Gasteiger partial charge in [-0.15, -0.1) is 10.2 Å². The molecular weight excluding hydrogens is 496 g/mol. The number of tetrazole rings is 1. The quantitative estimate of drug-likeness (QED) is 0.156. The Morgan fingerprint density at radius 2 is 2.06 bits per heavy atom. The van der Waals surface area contributed by atoms with Crippen LogP contribution >= 0.6 is 25.7 Å². The lowest BCUT2D eigenvalue weighted by Crippen LogP contribution is -2.49. The van der Waals surface area contributed by atoms with E-state index in [1.165, 1.54) is 0 Å². The summed E-state index contributed by atoms with van der Waals surface area (Å²) in [7, 11) is 0.472. The highest BCUT2D eigenvalue weighted by atomic mass is 32.2. The number of aromatic amines is 1. The van der Waals surface area contributed by atoms with Crippen LogP contribution in [0.3, 0.4) is 0 Å². The molecule has 178 valence electrons. The average Bonchev–Trinajstić information content (AvgIpc) is 3.32. The van der Waals surface area contributed by atoms with Gasteiger partial charge in [-0.25, -0.2) is 15.2 Å². The Hall–Kier alpha value is -2.82. The minimum Gasteiger partial charge on any atom is -0.382 e. The third kappa shape index (κ3) is 4.21. The predicted octanol–water partition coefficient (Wildman–Crippen LogP) is 1.14. The number of hydrogen-bond acceptors (Lipinski definition) is 12. The summed E-state index contributed by atoms with van der Waals surface area (Å²) in [6.45, 7) is 1.35. The molecule has 1 aromatic carbocycles. The zero-order valence-corrected chi connectivity index (χ0v) is 20.6. The second-order valence-corrected chi connectivity index (χ2v) is 9.86. The van der Waals surface area contributed by atoms with Gasteiger partial charge in [0.2, 0.25) is 5.82 Å². The Bertz CT molecular complexity index is 1330. The van der Waals surface area contributed by atoms with Gasteiger partial charge in [0.05, 0.1) is 32.2 Å². The average molecular weight is 519 g/mol. The molecule has 1 unspecified atom stereocenters. The van der Waals surface area contributed by atoms with Crippen molar-refractivity contribution < 1.29 is 8.49 Å². The third-order valence-corrected chi connectivity index (χ3v) is 7.60. The molecule has 1 aliphatic rings. The molecule has 1 atom stereocenters. The monoisotopic (exact) mass is 518 g/mol. The SMILES string of the molecule is CN(SON)c1c(S(=O)C2CNC2)ccc(-c2cnc(N)c3ncccc23)c1-c1nn[nH]n1.S. The smallest absolute Gasteiger partial charge is 0.207 e. The number of pyridine rings is 2. The lowest BCUT2D eigenvalue weighted by atomic mass is 9.95. The third-order valence-electron chi connectivity index (χ3n) is 5.41. The van der Waals surface area contributed by atoms with Gasteiger partial charge < -0.3 is 11.1 Å². The Morgan fingerprint density at radius 3 is 2.74 bits per heavy atom. The number of H-pyrrole nitrogens is 1. The number of benzene rings is 1. The molecule has 0 bridgehead atoms. The Kier molecular flexibility index (Phi) is 7.30. The number of fused-ring (bicyclic) bond motifs is 1. The molecule has 0 aliphatic carbocycles. The molecule has 4 heterocycles. The van der Waals surface area contributed by atoms with E-state index in [0.29, 0.717) is 46.4 Å². The summed E-state index contributed by atoms with van der Waals surface area (Å²) in [6.07, 6.45) is 3.35. The molecule has 0 radical (unpaired) electrons. The van der Waals surface area contributed by atoms with E-state index < -0.39 is 10.8 Å². The fraction of sp³-hybridized carbons (Fsp3) is 0.211. The summed E-state index contributed by atoms with van der Waals surface area (Å²) in [4.78, 5) is 9.35. The van der Waals surface area contributed by atoms with E-state index in [9.17, 15) is 4.21 Å². The molecule has 0 saturated carbocycles. The molecule has 1 saturated heterocycles. The highest BCUT2D eigenvalue weighted by Gasteiger charge is 2.31. The maximum atomic E-state index is 13.4. The van der Waals surface area contributed by atoms with Crippen LogP contribution in [0.25, 0.3) is 33.4 Å². The van der Waals surface area contributed by atoms with Crippen LogP contribution in [0, 0.1) is 0 Å². The van der Waals surface area contributed by atoms with E-state index in [2.05, 4.69) is 35.9 Å². The first-order valence-corrected chi connectivity index (χ1v) is 11.8. The summed E-state index contributed by atoms with van der Waals surface area (Å²) >= 11 is 0.902. The van der Waals surface area contributed by atoms with Crippen molar-refractivity contribution in [1.82, 2.24) is 35.9 Å². The van der Waals surface area contributed by atoms with Crippen molar-refractivity contribution in [2.75, 3.05) is 30.2 Å². The highest BCUT2D eigenvalue weighted by Crippen LogP contribution is 2.45. The molecular formula is C19H22N10O2S3. The molecule has 0 amide bonds. The normalized spacial score (nSPS) is 14.4. The number of aromatic nitrogens is 6. The number of anilines is 2. The molecule has 5 rings (SSSR count). The summed E-state index contributed by atoms with van der Waals surface area (Å²) in [5, 5.41) is 18.7. The molecule has 15 heteroatoms. The van der Waals surface area contributed by atoms with Crippen molar-refractivity contribution in [2.24, 2.45) is 5.90 Å². The molecule has 6 N–H and O–H groups in total. The van der Waals surface area contributed by atoms with Crippen LogP contribution in [0.2, 0.25) is 0 Å². The van der Waals surface area contributed by atoms with Crippen molar-refractivity contribution in [3.8, 4) is 22.5 Å². The van der Waals surface area contributed by atoms with Gasteiger partial charge in [0.25, 0.3) is 0 Å². The van der Waals surface area contributed by atoms with Crippen molar-refractivity contribution in [3.63, 3.8) is 0 Å². The van der Waals surface area contributed by atoms with Gasteiger partial charge in [-0.3, -0.25) is 13.5 Å². The van der Waals surface area contributed by atoms with Gasteiger partial charge in [0, 0.05) is 43.5 Å². The van der Waals surface area contributed by atoms with Gasteiger partial charge in [0.15, 0.2) is 0 Å². The summed E-state index contributed by atoms with van der Waals surface area (Å²) in [5.74, 6) is 6.00. The first-order chi connectivity index (χ1) is 16.1. The van der Waals surface area contributed by atoms with Crippen LogP contribution in [0.15, 0.2) is 41.6 Å². The summed E-state index contributed by atoms with van der Waals surface area (Å²) in [6, 6.07) is 7.48. The zero-order chi connectivity index (χ0) is 22.9. The number of nitrogens with one attached hydrogen (secondary N) is 2. The van der Waals surface area contributed by atoms with Crippen LogP contribution in [0.4, 0.5) is 11.5 Å². The summed E-state index contributed by atoms with van der Waals surface area (Å²) in [5.41, 5.74) is 9.37. The first-order valence-electron chi connectivity index (χ1n) is 9.89. The molecule has 1 fully saturated rings. The maximum absolute atomic E-state index is 13.4. The van der Waals surface area contributed by atoms with E-state index in [-0.39, 0.29) is 18.7 Å². The zero-order valence-electron chi connectivity index (χ0n) is 17.9. The standard InChI is InChI=1S/C19H20N10O2S2.H2S/c1-29(32-31-21)17-14(33(30)10-7-22-8-10)5-4-11(15(17)19-25-27-28-26-19)13-9-24-18(20)16-12(13)3-2-6-23-16;/h2-6,9-10,22H,7-8,21H2,1H3,(H2,20,24)(H,25,26,27,28);1H2. The van der Waals surface area contributed by atoms with Crippen molar-refractivity contribution in [3.05, 3.63) is 36.7 Å². The molecule has 0 spiro atoms. The number of rotatable bonds is 7. The Morgan fingerprint density at radius 1 is 1.24 bits per heavy atom. The van der Waals surface area contributed by atoms with Gasteiger partial charge in [-0.05, 0) is 22.9 Å². The van der Waals surface area contributed by atoms with Gasteiger partial charge in [0.1, 0.15) is 23.6 Å². The molecule has 12 nitrogen and oxygen atoms in total. The second-order valence-electron chi connectivity index (χ2n) is 7.27. The fourth-order valence-corrected chi connectivity index (χ4v) is 5.75. The van der Waals surface area contributed by atoms with Crippen molar-refractivity contribution >= 4 is 58.9 Å². The van der Waals surface area contributed by atoms with Crippen molar-refractivity contribution in [1.29, 1.82) is 0 Å². The summed E-state index contributed by atoms with van der Waals surface area (Å²) < 4.78 is 20.0. The fourth-order valence-electron chi connectivity index (χ4n) is 3.77. The number of nitrogens with zero attached hydrogens (tertiary/aromatic N) is 6. The lowest BCUT2D eigenvalue weighted by Gasteiger charge is -2.29. The minimum atomic E-state index is -1.29. The van der Waals surface area contributed by atoms with E-state index in [0.717, 1.165) is 28.7 Å². The second kappa shape index (κ2) is 10.2. The van der Waals surface area contributed by atoms with E-state index >= 15 is 0 Å². The van der Waals surface area contributed by atoms with Crippen LogP contribution < -0.4 is 21.3 Å². The maximum Gasteiger partial charge on any atom is 0.207 e. The lowest BCUT2D eigenvalue weighted by molar-refractivity contribution is 0.397. The van der Waals surface area contributed by atoms with Crippen LogP contribution in [-0.2, 0) is 15.1 Å². The Labute approximate surface area is 208 Å². The van der Waals surface area contributed by atoms with E-state index in [4.69, 9.17) is 15.9 Å². The van der Waals surface area contributed by atoms with Gasteiger partial charge >= 0.3 is 0 Å². The van der Waals surface area contributed by atoms with Gasteiger partial charge in [-0.1, -0.05) is 12.1 Å². The number of nitrogens with two attached hydrogens (primary N) is 2. The van der Waals surface area contributed by atoms with E-state index in [1.54, 1.807) is 23.7 Å². The minimum absolute atomic E-state index is 0.